The van der Waals surface area contributed by atoms with Gasteiger partial charge in [0.2, 0.25) is 5.91 Å². The molecule has 0 aromatic heterocycles. The number of likely N-dealkylation sites (N-methyl/N-ethyl adjacent to an activating group) is 1. The third kappa shape index (κ3) is 5.03. The van der Waals surface area contributed by atoms with Gasteiger partial charge in [-0.05, 0) is 48.9 Å². The van der Waals surface area contributed by atoms with Gasteiger partial charge in [-0.2, -0.15) is 0 Å². The number of amides is 2. The number of carbonyl (C=O) groups is 2. The molecule has 1 fully saturated rings. The van der Waals surface area contributed by atoms with Crippen molar-refractivity contribution in [2.24, 2.45) is 0 Å². The standard InChI is InChI=1S/C31H34ClN3O9S/c1-33(2)29(37)25-14-19(36)17-34(25)31(22-10-8-20(41-3)15-26(22)43-5)23-13-18(32)7-11-24(23)35(30(31)38)45(39,40)28-12-9-21(42-4)16-27(28)44-6/h7-13,15-16,19,25,36H,14,17H2,1-6H3/t19-,25+,31+/m1/s1. The Hall–Kier alpha value is -4.04. The molecule has 12 nitrogen and oxygen atoms in total. The van der Waals surface area contributed by atoms with Crippen LogP contribution >= 0.6 is 11.6 Å². The molecule has 0 bridgehead atoms. The summed E-state index contributed by atoms with van der Waals surface area (Å²) < 4.78 is 51.7. The molecule has 0 spiro atoms. The number of aliphatic hydroxyl groups excluding tert-OH is 1. The van der Waals surface area contributed by atoms with Gasteiger partial charge in [0.1, 0.15) is 27.9 Å². The summed E-state index contributed by atoms with van der Waals surface area (Å²) in [6.45, 7) is -0.142. The monoisotopic (exact) mass is 659 g/mol. The first-order valence-corrected chi connectivity index (χ1v) is 15.7. The van der Waals surface area contributed by atoms with Gasteiger partial charge in [0.15, 0.2) is 5.54 Å². The van der Waals surface area contributed by atoms with Crippen LogP contribution in [0, 0.1) is 0 Å². The Morgan fingerprint density at radius 1 is 0.911 bits per heavy atom. The number of halogens is 1. The van der Waals surface area contributed by atoms with Gasteiger partial charge in [-0.25, -0.2) is 12.7 Å². The van der Waals surface area contributed by atoms with Crippen molar-refractivity contribution in [1.29, 1.82) is 0 Å². The van der Waals surface area contributed by atoms with Gasteiger partial charge >= 0.3 is 0 Å². The Labute approximate surface area is 266 Å². The predicted octanol–water partition coefficient (Wildman–Crippen LogP) is 2.88. The van der Waals surface area contributed by atoms with Crippen LogP contribution in [0.25, 0.3) is 0 Å². The molecule has 2 amide bonds. The maximum absolute atomic E-state index is 15.3. The topological polar surface area (TPSA) is 135 Å². The maximum atomic E-state index is 15.3. The molecule has 0 unspecified atom stereocenters. The van der Waals surface area contributed by atoms with Gasteiger partial charge < -0.3 is 29.0 Å². The van der Waals surface area contributed by atoms with E-state index < -0.39 is 33.6 Å². The molecule has 2 aliphatic rings. The van der Waals surface area contributed by atoms with Crippen LogP contribution in [-0.2, 0) is 25.2 Å². The molecule has 45 heavy (non-hydrogen) atoms. The van der Waals surface area contributed by atoms with Gasteiger partial charge in [-0.3, -0.25) is 14.5 Å². The fraction of sp³-hybridized carbons (Fsp3) is 0.355. The second kappa shape index (κ2) is 12.0. The summed E-state index contributed by atoms with van der Waals surface area (Å²) >= 11 is 6.54. The number of ether oxygens (including phenoxy) is 4. The van der Waals surface area contributed by atoms with E-state index in [1.807, 2.05) is 0 Å². The summed E-state index contributed by atoms with van der Waals surface area (Å²) in [5, 5.41) is 11.2. The Kier molecular flexibility index (Phi) is 8.66. The number of nitrogens with zero attached hydrogens (tertiary/aromatic N) is 3. The van der Waals surface area contributed by atoms with E-state index in [9.17, 15) is 18.3 Å². The molecule has 3 atom stereocenters. The number of aliphatic hydroxyl groups is 1. The molecule has 0 saturated carbocycles. The van der Waals surface area contributed by atoms with E-state index in [0.717, 1.165) is 0 Å². The molecular weight excluding hydrogens is 626 g/mol. The van der Waals surface area contributed by atoms with Crippen molar-refractivity contribution in [3.8, 4) is 23.0 Å². The first-order valence-electron chi connectivity index (χ1n) is 13.9. The van der Waals surface area contributed by atoms with Gasteiger partial charge in [-0.1, -0.05) is 11.6 Å². The van der Waals surface area contributed by atoms with E-state index in [1.165, 1.54) is 69.7 Å². The second-order valence-electron chi connectivity index (χ2n) is 10.8. The molecule has 14 heteroatoms. The number of sulfonamides is 1. The minimum Gasteiger partial charge on any atom is -0.497 e. The third-order valence-corrected chi connectivity index (χ3v) is 10.2. The maximum Gasteiger partial charge on any atom is 0.274 e. The van der Waals surface area contributed by atoms with Crippen molar-refractivity contribution < 1.29 is 42.1 Å². The SMILES string of the molecule is COc1ccc([C@@]2(N3C[C@H](O)C[C@H]3C(=O)N(C)C)C(=O)N(S(=O)(=O)c3ccc(OC)cc3OC)c3ccc(Cl)cc32)c(OC)c1. The largest absolute Gasteiger partial charge is 0.497 e. The van der Waals surface area contributed by atoms with E-state index in [2.05, 4.69) is 0 Å². The summed E-state index contributed by atoms with van der Waals surface area (Å²) in [6, 6.07) is 12.3. The molecule has 2 aliphatic heterocycles. The second-order valence-corrected chi connectivity index (χ2v) is 13.0. The normalized spacial score (nSPS) is 21.4. The summed E-state index contributed by atoms with van der Waals surface area (Å²) in [5.74, 6) is -0.405. The van der Waals surface area contributed by atoms with Crippen molar-refractivity contribution in [2.45, 2.75) is 29.0 Å². The number of hydrogen-bond acceptors (Lipinski definition) is 10. The summed E-state index contributed by atoms with van der Waals surface area (Å²) in [6.07, 6.45) is -1.01. The van der Waals surface area contributed by atoms with Crippen molar-refractivity contribution in [3.63, 3.8) is 0 Å². The fourth-order valence-electron chi connectivity index (χ4n) is 6.18. The molecule has 240 valence electrons. The number of likely N-dealkylation sites (tertiary alicyclic amines) is 1. The zero-order valence-corrected chi connectivity index (χ0v) is 27.2. The summed E-state index contributed by atoms with van der Waals surface area (Å²) in [7, 11) is 4.07. The van der Waals surface area contributed by atoms with Crippen molar-refractivity contribution in [2.75, 3.05) is 53.4 Å². The minimum atomic E-state index is -4.68. The number of methoxy groups -OCH3 is 4. The van der Waals surface area contributed by atoms with Crippen LogP contribution in [-0.4, -0.2) is 96.4 Å². The number of rotatable bonds is 9. The van der Waals surface area contributed by atoms with Crippen LogP contribution in [0.4, 0.5) is 5.69 Å². The summed E-state index contributed by atoms with van der Waals surface area (Å²) in [5.41, 5.74) is -1.58. The zero-order chi connectivity index (χ0) is 32.8. The van der Waals surface area contributed by atoms with Crippen LogP contribution < -0.4 is 23.3 Å². The summed E-state index contributed by atoms with van der Waals surface area (Å²) in [4.78, 5) is 31.6. The first kappa shape index (κ1) is 32.4. The van der Waals surface area contributed by atoms with Crippen molar-refractivity contribution >= 4 is 39.1 Å². The highest BCUT2D eigenvalue weighted by molar-refractivity contribution is 7.93. The number of benzene rings is 3. The Bertz CT molecular complexity index is 1770. The van der Waals surface area contributed by atoms with Gasteiger partial charge in [0, 0.05) is 48.9 Å². The Morgan fingerprint density at radius 2 is 1.53 bits per heavy atom. The zero-order valence-electron chi connectivity index (χ0n) is 25.6. The minimum absolute atomic E-state index is 0.000530. The molecule has 2 heterocycles. The molecule has 0 radical (unpaired) electrons. The van der Waals surface area contributed by atoms with Crippen molar-refractivity contribution in [1.82, 2.24) is 9.80 Å². The van der Waals surface area contributed by atoms with Gasteiger partial charge in [0.25, 0.3) is 15.9 Å². The number of hydrogen-bond donors (Lipinski definition) is 1. The van der Waals surface area contributed by atoms with Crippen LogP contribution in [0.2, 0.25) is 5.02 Å². The molecule has 3 aromatic carbocycles. The number of carbonyl (C=O) groups excluding carboxylic acids is 2. The highest BCUT2D eigenvalue weighted by atomic mass is 35.5. The van der Waals surface area contributed by atoms with Crippen molar-refractivity contribution in [3.05, 3.63) is 70.7 Å². The van der Waals surface area contributed by atoms with Gasteiger partial charge in [-0.15, -0.1) is 0 Å². The fourth-order valence-corrected chi connectivity index (χ4v) is 7.95. The number of anilines is 1. The van der Waals surface area contributed by atoms with E-state index in [0.29, 0.717) is 15.8 Å². The van der Waals surface area contributed by atoms with Crippen LogP contribution in [0.3, 0.4) is 0 Å². The van der Waals surface area contributed by atoms with Crippen LogP contribution in [0.5, 0.6) is 23.0 Å². The molecule has 1 N–H and O–H groups in total. The molecular formula is C31H34ClN3O9S. The average molecular weight is 660 g/mol. The van der Waals surface area contributed by atoms with E-state index in [-0.39, 0.29) is 57.1 Å². The highest BCUT2D eigenvalue weighted by Gasteiger charge is 2.64. The predicted molar refractivity (Wildman–Crippen MR) is 166 cm³/mol. The number of β-amino-alcohol motifs (C(OH)–C–C–N with tert-alkyl or cyclic N) is 1. The number of fused-ring (bicyclic) bond motifs is 1. The lowest BCUT2D eigenvalue weighted by molar-refractivity contribution is -0.138. The first-order chi connectivity index (χ1) is 21.4. The quantitative estimate of drug-likeness (QED) is 0.365. The lowest BCUT2D eigenvalue weighted by Crippen LogP contribution is -2.59. The smallest absolute Gasteiger partial charge is 0.274 e. The molecule has 0 aliphatic carbocycles. The molecule has 1 saturated heterocycles. The van der Waals surface area contributed by atoms with E-state index in [1.54, 1.807) is 37.2 Å². The Balaban J connectivity index is 1.88. The average Bonchev–Trinajstić information content (AvgIpc) is 3.54. The molecule has 3 aromatic rings. The highest BCUT2D eigenvalue weighted by Crippen LogP contribution is 2.55. The van der Waals surface area contributed by atoms with Crippen LogP contribution in [0.1, 0.15) is 17.5 Å². The van der Waals surface area contributed by atoms with E-state index >= 15 is 4.79 Å². The molecule has 5 rings (SSSR count). The lowest BCUT2D eigenvalue weighted by atomic mass is 9.80. The van der Waals surface area contributed by atoms with E-state index in [4.69, 9.17) is 30.5 Å². The van der Waals surface area contributed by atoms with Crippen LogP contribution in [0.15, 0.2) is 59.5 Å². The lowest BCUT2D eigenvalue weighted by Gasteiger charge is -2.42. The Morgan fingerprint density at radius 3 is 2.13 bits per heavy atom. The van der Waals surface area contributed by atoms with Gasteiger partial charge in [0.05, 0.1) is 46.3 Å². The third-order valence-electron chi connectivity index (χ3n) is 8.18.